The minimum Gasteiger partial charge on any atom is -0.485 e. The molecule has 190 valence electrons. The molecule has 7 rings (SSSR count). The Morgan fingerprint density at radius 3 is 2.72 bits per heavy atom. The Balaban J connectivity index is 1.19. The zero-order chi connectivity index (χ0) is 24.6. The van der Waals surface area contributed by atoms with Crippen LogP contribution in [0.25, 0.3) is 0 Å². The van der Waals surface area contributed by atoms with Crippen LogP contribution in [0, 0.1) is 23.2 Å². The minimum atomic E-state index is -0.0950. The summed E-state index contributed by atoms with van der Waals surface area (Å²) in [5, 5.41) is 0. The molecule has 6 aliphatic rings. The Kier molecular flexibility index (Phi) is 5.38. The van der Waals surface area contributed by atoms with Gasteiger partial charge in [0, 0.05) is 29.4 Å². The third-order valence-corrected chi connectivity index (χ3v) is 10.9. The molecule has 36 heavy (non-hydrogen) atoms. The first-order valence-electron chi connectivity index (χ1n) is 14.6. The molecule has 0 spiro atoms. The number of ether oxygens (including phenoxy) is 1. The van der Waals surface area contributed by atoms with Gasteiger partial charge in [-0.25, -0.2) is 4.39 Å². The standard InChI is InChI=1S/C33H41FNO/c1-20-16-26-25-13-12-21(24-10-6-7-11-28(24)34)17-30(25)36-32(26)31-27(20)19-35-15-14-23(18-29(31)35)33(2,3)22-8-4-5-9-22/h11-15,17,20,22-24,26,32H,4-10,16,18-19H2,1-3H3/q+1. The first-order chi connectivity index (χ1) is 17.4. The molecule has 0 amide bonds. The largest absolute Gasteiger partial charge is 0.485 e. The number of halogens is 1. The number of hydrogen-bond acceptors (Lipinski definition) is 1. The van der Waals surface area contributed by atoms with Gasteiger partial charge in [-0.2, -0.15) is 4.58 Å². The van der Waals surface area contributed by atoms with Crippen LogP contribution >= 0.6 is 0 Å². The van der Waals surface area contributed by atoms with Gasteiger partial charge in [0.15, 0.2) is 18.5 Å². The number of fused-ring (bicyclic) bond motifs is 5. The van der Waals surface area contributed by atoms with Crippen LogP contribution in [0.3, 0.4) is 0 Å². The summed E-state index contributed by atoms with van der Waals surface area (Å²) in [6.45, 7) is 8.49. The normalized spacial score (nSPS) is 33.8. The lowest BCUT2D eigenvalue weighted by Gasteiger charge is -2.39. The van der Waals surface area contributed by atoms with E-state index in [2.05, 4.69) is 55.8 Å². The summed E-state index contributed by atoms with van der Waals surface area (Å²) in [7, 11) is 0. The van der Waals surface area contributed by atoms with Crippen LogP contribution in [0.2, 0.25) is 0 Å². The van der Waals surface area contributed by atoms with Crippen molar-refractivity contribution >= 4 is 5.71 Å². The van der Waals surface area contributed by atoms with Crippen molar-refractivity contribution in [3.8, 4) is 5.75 Å². The summed E-state index contributed by atoms with van der Waals surface area (Å²) in [4.78, 5) is 0. The summed E-state index contributed by atoms with van der Waals surface area (Å²) < 4.78 is 24.0. The first-order valence-corrected chi connectivity index (χ1v) is 14.6. The van der Waals surface area contributed by atoms with E-state index >= 15 is 0 Å². The zero-order valence-corrected chi connectivity index (χ0v) is 22.2. The third kappa shape index (κ3) is 3.44. The summed E-state index contributed by atoms with van der Waals surface area (Å²) in [6, 6.07) is 6.62. The van der Waals surface area contributed by atoms with E-state index in [4.69, 9.17) is 4.74 Å². The number of nitrogens with zero attached hydrogens (tertiary/aromatic N) is 1. The van der Waals surface area contributed by atoms with Crippen molar-refractivity contribution in [2.45, 2.75) is 96.5 Å². The number of benzene rings is 1. The first kappa shape index (κ1) is 23.0. The second-order valence-electron chi connectivity index (χ2n) is 13.1. The zero-order valence-electron chi connectivity index (χ0n) is 22.2. The van der Waals surface area contributed by atoms with Crippen molar-refractivity contribution < 1.29 is 13.7 Å². The van der Waals surface area contributed by atoms with Crippen molar-refractivity contribution in [2.24, 2.45) is 23.2 Å². The molecule has 2 nitrogen and oxygen atoms in total. The van der Waals surface area contributed by atoms with E-state index in [-0.39, 0.29) is 17.8 Å². The molecule has 0 radical (unpaired) electrons. The fraction of sp³-hybridized carbons (Fsp3) is 0.606. The van der Waals surface area contributed by atoms with Crippen LogP contribution in [0.5, 0.6) is 5.75 Å². The lowest BCUT2D eigenvalue weighted by molar-refractivity contribution is -0.447. The van der Waals surface area contributed by atoms with Gasteiger partial charge in [0.25, 0.3) is 0 Å². The van der Waals surface area contributed by atoms with Crippen LogP contribution < -0.4 is 4.74 Å². The van der Waals surface area contributed by atoms with Crippen molar-refractivity contribution in [3.05, 3.63) is 64.7 Å². The Morgan fingerprint density at radius 2 is 1.92 bits per heavy atom. The molecule has 3 aliphatic heterocycles. The van der Waals surface area contributed by atoms with Gasteiger partial charge < -0.3 is 4.74 Å². The van der Waals surface area contributed by atoms with Gasteiger partial charge in [0.2, 0.25) is 0 Å². The van der Waals surface area contributed by atoms with Gasteiger partial charge in [0.1, 0.15) is 17.7 Å². The number of allylic oxidation sites excluding steroid dienone is 3. The average molecular weight is 487 g/mol. The molecule has 0 aromatic heterocycles. The minimum absolute atomic E-state index is 0.0436. The van der Waals surface area contributed by atoms with Crippen LogP contribution in [0.15, 0.2) is 53.5 Å². The maximum atomic E-state index is 14.6. The molecule has 3 heteroatoms. The Morgan fingerprint density at radius 1 is 1.08 bits per heavy atom. The van der Waals surface area contributed by atoms with Crippen LogP contribution in [0.4, 0.5) is 4.39 Å². The van der Waals surface area contributed by atoms with Gasteiger partial charge in [-0.3, -0.25) is 0 Å². The van der Waals surface area contributed by atoms with Crippen molar-refractivity contribution in [1.82, 2.24) is 0 Å². The summed E-state index contributed by atoms with van der Waals surface area (Å²) >= 11 is 0. The van der Waals surface area contributed by atoms with E-state index in [0.29, 0.717) is 23.2 Å². The highest BCUT2D eigenvalue weighted by Crippen LogP contribution is 2.54. The molecular formula is C33H41FNO+. The second kappa shape index (κ2) is 8.43. The lowest BCUT2D eigenvalue weighted by Crippen LogP contribution is -2.37. The topological polar surface area (TPSA) is 12.2 Å². The fourth-order valence-electron chi connectivity index (χ4n) is 8.57. The highest BCUT2D eigenvalue weighted by atomic mass is 19.1. The molecular weight excluding hydrogens is 445 g/mol. The smallest absolute Gasteiger partial charge is 0.189 e. The molecule has 3 heterocycles. The predicted molar refractivity (Wildman–Crippen MR) is 143 cm³/mol. The van der Waals surface area contributed by atoms with Crippen LogP contribution in [0.1, 0.15) is 102 Å². The molecule has 0 bridgehead atoms. The quantitative estimate of drug-likeness (QED) is 0.392. The summed E-state index contributed by atoms with van der Waals surface area (Å²) in [5.41, 5.74) is 7.40. The monoisotopic (exact) mass is 486 g/mol. The maximum Gasteiger partial charge on any atom is 0.189 e. The highest BCUT2D eigenvalue weighted by Gasteiger charge is 2.52. The SMILES string of the molecule is CC1CC2c3ccc(C4CCCC=C4F)cc3OC2C2=C1C[N+]1=C2CC(C(C)(C)C2CCCC2)C=C1. The van der Waals surface area contributed by atoms with E-state index in [1.54, 1.807) is 11.6 Å². The van der Waals surface area contributed by atoms with Crippen molar-refractivity contribution in [3.63, 3.8) is 0 Å². The molecule has 5 atom stereocenters. The molecule has 1 fully saturated rings. The molecule has 5 unspecified atom stereocenters. The van der Waals surface area contributed by atoms with Crippen molar-refractivity contribution in [2.75, 3.05) is 6.54 Å². The van der Waals surface area contributed by atoms with Gasteiger partial charge >= 0.3 is 0 Å². The van der Waals surface area contributed by atoms with Gasteiger partial charge in [0.05, 0.1) is 5.57 Å². The van der Waals surface area contributed by atoms with E-state index in [1.807, 2.05) is 0 Å². The molecule has 1 aromatic carbocycles. The van der Waals surface area contributed by atoms with E-state index in [0.717, 1.165) is 55.9 Å². The number of rotatable bonds is 3. The number of hydrogen-bond donors (Lipinski definition) is 0. The van der Waals surface area contributed by atoms with Gasteiger partial charge in [-0.15, -0.1) is 0 Å². The van der Waals surface area contributed by atoms with Crippen molar-refractivity contribution in [1.29, 1.82) is 0 Å². The maximum absolute atomic E-state index is 14.6. The summed E-state index contributed by atoms with van der Waals surface area (Å²) in [5.74, 6) is 3.37. The Hall–Kier alpha value is -2.16. The predicted octanol–water partition coefficient (Wildman–Crippen LogP) is 8.21. The molecule has 1 saturated carbocycles. The Labute approximate surface area is 216 Å². The van der Waals surface area contributed by atoms with Gasteiger partial charge in [-0.05, 0) is 79.4 Å². The fourth-order valence-corrected chi connectivity index (χ4v) is 8.57. The molecule has 1 aromatic rings. The second-order valence-corrected chi connectivity index (χ2v) is 13.1. The summed E-state index contributed by atoms with van der Waals surface area (Å²) in [6.07, 6.45) is 17.5. The van der Waals surface area contributed by atoms with Gasteiger partial charge in [-0.1, -0.05) is 51.8 Å². The lowest BCUT2D eigenvalue weighted by atomic mass is 9.65. The molecule has 0 saturated heterocycles. The molecule has 3 aliphatic carbocycles. The van der Waals surface area contributed by atoms with Crippen LogP contribution in [-0.2, 0) is 0 Å². The highest BCUT2D eigenvalue weighted by molar-refractivity contribution is 6.01. The van der Waals surface area contributed by atoms with E-state index in [9.17, 15) is 4.39 Å². The Bertz CT molecular complexity index is 1210. The van der Waals surface area contributed by atoms with E-state index < -0.39 is 0 Å². The average Bonchev–Trinajstić information content (AvgIpc) is 3.61. The molecule has 0 N–H and O–H groups in total. The van der Waals surface area contributed by atoms with E-state index in [1.165, 1.54) is 42.5 Å². The third-order valence-electron chi connectivity index (χ3n) is 10.9. The van der Waals surface area contributed by atoms with Crippen LogP contribution in [-0.4, -0.2) is 22.9 Å².